The molecular formula is C16H18N2O3. The van der Waals surface area contributed by atoms with Gasteiger partial charge in [-0.15, -0.1) is 0 Å². The van der Waals surface area contributed by atoms with E-state index in [0.717, 1.165) is 22.6 Å². The third-order valence-corrected chi connectivity index (χ3v) is 3.60. The lowest BCUT2D eigenvalue weighted by Crippen LogP contribution is -2.38. The number of nitrogens with zero attached hydrogens (tertiary/aromatic N) is 2. The number of carbonyl (C=O) groups excluding carboxylic acids is 1. The van der Waals surface area contributed by atoms with Crippen molar-refractivity contribution in [1.29, 1.82) is 0 Å². The molecule has 21 heavy (non-hydrogen) atoms. The second-order valence-corrected chi connectivity index (χ2v) is 5.37. The van der Waals surface area contributed by atoms with Gasteiger partial charge in [0.2, 0.25) is 0 Å². The van der Waals surface area contributed by atoms with Gasteiger partial charge in [-0.3, -0.25) is 9.69 Å². The van der Waals surface area contributed by atoms with E-state index in [1.54, 1.807) is 18.7 Å². The largest absolute Gasteiger partial charge is 0.489 e. The first kappa shape index (κ1) is 13.7. The summed E-state index contributed by atoms with van der Waals surface area (Å²) in [6, 6.07) is 4.03. The molecule has 5 heteroatoms. The van der Waals surface area contributed by atoms with Crippen LogP contribution < -0.4 is 9.64 Å². The molecule has 5 nitrogen and oxygen atoms in total. The third kappa shape index (κ3) is 2.28. The Balaban J connectivity index is 2.06. The van der Waals surface area contributed by atoms with E-state index in [0.29, 0.717) is 30.5 Å². The summed E-state index contributed by atoms with van der Waals surface area (Å²) in [5.74, 6) is 1.69. The average molecular weight is 286 g/mol. The van der Waals surface area contributed by atoms with E-state index in [2.05, 4.69) is 11.1 Å². The second kappa shape index (κ2) is 4.91. The summed E-state index contributed by atoms with van der Waals surface area (Å²) < 4.78 is 11.1. The topological polar surface area (TPSA) is 55.6 Å². The minimum atomic E-state index is -0.140. The average Bonchev–Trinajstić information content (AvgIpc) is 2.76. The molecule has 0 fully saturated rings. The molecule has 0 bridgehead atoms. The van der Waals surface area contributed by atoms with Crippen LogP contribution in [0.15, 0.2) is 16.5 Å². The van der Waals surface area contributed by atoms with Gasteiger partial charge < -0.3 is 9.15 Å². The minimum Gasteiger partial charge on any atom is -0.489 e. The summed E-state index contributed by atoms with van der Waals surface area (Å²) in [5.41, 5.74) is 3.32. The molecule has 0 spiro atoms. The fourth-order valence-corrected chi connectivity index (χ4v) is 2.75. The van der Waals surface area contributed by atoms with Crippen LogP contribution >= 0.6 is 0 Å². The highest BCUT2D eigenvalue weighted by molar-refractivity contribution is 6.06. The highest BCUT2D eigenvalue weighted by Crippen LogP contribution is 2.36. The summed E-state index contributed by atoms with van der Waals surface area (Å²) in [5, 5.41) is 0. The van der Waals surface area contributed by atoms with Crippen LogP contribution in [0.3, 0.4) is 0 Å². The van der Waals surface area contributed by atoms with Crippen LogP contribution in [0.1, 0.15) is 33.3 Å². The predicted octanol–water partition coefficient (Wildman–Crippen LogP) is 2.95. The van der Waals surface area contributed by atoms with E-state index in [1.807, 2.05) is 19.9 Å². The Bertz CT molecular complexity index is 719. The standard InChI is InChI=1S/C16H18N2O3/c1-9-7-10(2)15-13(8-9)18(5-6-20-15)16(19)14-11(3)21-12(4)17-14/h7-8H,5-6H2,1-4H3. The summed E-state index contributed by atoms with van der Waals surface area (Å²) >= 11 is 0. The van der Waals surface area contributed by atoms with Crippen LogP contribution in [0.5, 0.6) is 5.75 Å². The number of anilines is 1. The fourth-order valence-electron chi connectivity index (χ4n) is 2.75. The van der Waals surface area contributed by atoms with E-state index in [1.165, 1.54) is 0 Å². The number of ether oxygens (including phenoxy) is 1. The van der Waals surface area contributed by atoms with Crippen molar-refractivity contribution in [3.63, 3.8) is 0 Å². The zero-order valence-corrected chi connectivity index (χ0v) is 12.7. The van der Waals surface area contributed by atoms with E-state index >= 15 is 0 Å². The number of fused-ring (bicyclic) bond motifs is 1. The van der Waals surface area contributed by atoms with E-state index < -0.39 is 0 Å². The maximum atomic E-state index is 12.8. The summed E-state index contributed by atoms with van der Waals surface area (Å²) in [7, 11) is 0. The minimum absolute atomic E-state index is 0.140. The Kier molecular flexibility index (Phi) is 3.20. The summed E-state index contributed by atoms with van der Waals surface area (Å²) in [4.78, 5) is 18.7. The first-order chi connectivity index (χ1) is 9.97. The van der Waals surface area contributed by atoms with Gasteiger partial charge in [0.25, 0.3) is 5.91 Å². The van der Waals surface area contributed by atoms with Crippen molar-refractivity contribution in [2.24, 2.45) is 0 Å². The van der Waals surface area contributed by atoms with Crippen LogP contribution in [-0.4, -0.2) is 24.0 Å². The third-order valence-electron chi connectivity index (χ3n) is 3.60. The van der Waals surface area contributed by atoms with Gasteiger partial charge in [0, 0.05) is 6.92 Å². The zero-order chi connectivity index (χ0) is 15.1. The number of aromatic nitrogens is 1. The van der Waals surface area contributed by atoms with Gasteiger partial charge in [0.05, 0.1) is 12.2 Å². The van der Waals surface area contributed by atoms with E-state index in [4.69, 9.17) is 9.15 Å². The van der Waals surface area contributed by atoms with Crippen LogP contribution in [0, 0.1) is 27.7 Å². The molecule has 1 aliphatic heterocycles. The number of hydrogen-bond donors (Lipinski definition) is 0. The summed E-state index contributed by atoms with van der Waals surface area (Å²) in [6.45, 7) is 8.50. The Morgan fingerprint density at radius 2 is 2.00 bits per heavy atom. The molecule has 2 heterocycles. The van der Waals surface area contributed by atoms with E-state index in [-0.39, 0.29) is 5.91 Å². The van der Waals surface area contributed by atoms with Gasteiger partial charge in [-0.05, 0) is 38.0 Å². The van der Waals surface area contributed by atoms with Crippen molar-refractivity contribution in [3.05, 3.63) is 40.6 Å². The maximum Gasteiger partial charge on any atom is 0.280 e. The van der Waals surface area contributed by atoms with Crippen molar-refractivity contribution >= 4 is 11.6 Å². The van der Waals surface area contributed by atoms with Gasteiger partial charge >= 0.3 is 0 Å². The molecule has 0 unspecified atom stereocenters. The Hall–Kier alpha value is -2.30. The smallest absolute Gasteiger partial charge is 0.280 e. The Morgan fingerprint density at radius 3 is 2.67 bits per heavy atom. The molecular weight excluding hydrogens is 268 g/mol. The number of aryl methyl sites for hydroxylation is 4. The molecule has 1 aliphatic rings. The molecule has 2 aromatic rings. The van der Waals surface area contributed by atoms with Crippen molar-refractivity contribution in [3.8, 4) is 5.75 Å². The molecule has 3 rings (SSSR count). The number of amides is 1. The molecule has 0 aliphatic carbocycles. The highest BCUT2D eigenvalue weighted by atomic mass is 16.5. The molecule has 0 N–H and O–H groups in total. The first-order valence-electron chi connectivity index (χ1n) is 6.97. The lowest BCUT2D eigenvalue weighted by molar-refractivity contribution is 0.0971. The highest BCUT2D eigenvalue weighted by Gasteiger charge is 2.29. The molecule has 1 aromatic heterocycles. The first-order valence-corrected chi connectivity index (χ1v) is 6.97. The number of benzene rings is 1. The maximum absolute atomic E-state index is 12.8. The SMILES string of the molecule is Cc1cc(C)c2c(c1)N(C(=O)c1nc(C)oc1C)CCO2. The van der Waals surface area contributed by atoms with Gasteiger partial charge in [-0.1, -0.05) is 6.07 Å². The van der Waals surface area contributed by atoms with Gasteiger partial charge in [-0.25, -0.2) is 4.98 Å². The molecule has 0 atom stereocenters. The quantitative estimate of drug-likeness (QED) is 0.808. The molecule has 0 saturated heterocycles. The number of carbonyl (C=O) groups is 1. The zero-order valence-electron chi connectivity index (χ0n) is 12.7. The Labute approximate surface area is 123 Å². The van der Waals surface area contributed by atoms with Crippen LogP contribution in [0.25, 0.3) is 0 Å². The normalized spacial score (nSPS) is 13.8. The van der Waals surface area contributed by atoms with Crippen molar-refractivity contribution in [2.75, 3.05) is 18.1 Å². The molecule has 110 valence electrons. The predicted molar refractivity (Wildman–Crippen MR) is 79.1 cm³/mol. The molecule has 0 saturated carbocycles. The molecule has 1 aromatic carbocycles. The van der Waals surface area contributed by atoms with Crippen molar-refractivity contribution in [1.82, 2.24) is 4.98 Å². The number of hydrogen-bond acceptors (Lipinski definition) is 4. The van der Waals surface area contributed by atoms with Crippen LogP contribution in [-0.2, 0) is 0 Å². The monoisotopic (exact) mass is 286 g/mol. The molecule has 1 amide bonds. The van der Waals surface area contributed by atoms with Crippen LogP contribution in [0.4, 0.5) is 5.69 Å². The van der Waals surface area contributed by atoms with E-state index in [9.17, 15) is 4.79 Å². The Morgan fingerprint density at radius 1 is 1.24 bits per heavy atom. The fraction of sp³-hybridized carbons (Fsp3) is 0.375. The van der Waals surface area contributed by atoms with Gasteiger partial charge in [-0.2, -0.15) is 0 Å². The van der Waals surface area contributed by atoms with Gasteiger partial charge in [0.15, 0.2) is 11.6 Å². The lowest BCUT2D eigenvalue weighted by atomic mass is 10.1. The number of rotatable bonds is 1. The second-order valence-electron chi connectivity index (χ2n) is 5.37. The van der Waals surface area contributed by atoms with Crippen molar-refractivity contribution in [2.45, 2.75) is 27.7 Å². The van der Waals surface area contributed by atoms with Crippen molar-refractivity contribution < 1.29 is 13.9 Å². The molecule has 0 radical (unpaired) electrons. The van der Waals surface area contributed by atoms with Gasteiger partial charge in [0.1, 0.15) is 18.1 Å². The number of oxazole rings is 1. The van der Waals surface area contributed by atoms with Crippen LogP contribution in [0.2, 0.25) is 0 Å². The summed E-state index contributed by atoms with van der Waals surface area (Å²) in [6.07, 6.45) is 0. The lowest BCUT2D eigenvalue weighted by Gasteiger charge is -2.30.